The van der Waals surface area contributed by atoms with Crippen molar-refractivity contribution in [3.05, 3.63) is 76.8 Å². The molecule has 0 unspecified atom stereocenters. The fourth-order valence-corrected chi connectivity index (χ4v) is 4.91. The Morgan fingerprint density at radius 1 is 1.00 bits per heavy atom. The summed E-state index contributed by atoms with van der Waals surface area (Å²) in [5.74, 6) is -0.751. The highest BCUT2D eigenvalue weighted by Gasteiger charge is 2.30. The minimum Gasteiger partial charge on any atom is -0.354 e. The van der Waals surface area contributed by atoms with Gasteiger partial charge in [0.15, 0.2) is 0 Å². The molecule has 1 atom stereocenters. The summed E-state index contributed by atoms with van der Waals surface area (Å²) in [6.45, 7) is 3.85. The minimum atomic E-state index is -3.80. The smallest absolute Gasteiger partial charge is 0.244 e. The zero-order valence-electron chi connectivity index (χ0n) is 20.1. The average Bonchev–Trinajstić information content (AvgIpc) is 2.84. The Kier molecular flexibility index (Phi) is 8.91. The van der Waals surface area contributed by atoms with Crippen molar-refractivity contribution in [2.45, 2.75) is 32.9 Å². The lowest BCUT2D eigenvalue weighted by Crippen LogP contribution is -2.51. The van der Waals surface area contributed by atoms with Gasteiger partial charge < -0.3 is 10.2 Å². The molecule has 0 radical (unpaired) electrons. The second kappa shape index (κ2) is 11.7. The molecule has 0 aliphatic rings. The average molecular weight is 561 g/mol. The summed E-state index contributed by atoms with van der Waals surface area (Å²) in [5.41, 5.74) is 1.25. The van der Waals surface area contributed by atoms with Gasteiger partial charge in [-0.15, -0.1) is 0 Å². The quantitative estimate of drug-likeness (QED) is 0.401. The molecule has 0 aliphatic heterocycles. The molecular formula is C26H30BrN3O4S. The fourth-order valence-electron chi connectivity index (χ4n) is 3.79. The first-order chi connectivity index (χ1) is 16.6. The number of carbonyl (C=O) groups excluding carboxylic acids is 2. The van der Waals surface area contributed by atoms with Crippen molar-refractivity contribution < 1.29 is 18.0 Å². The van der Waals surface area contributed by atoms with Gasteiger partial charge in [-0.1, -0.05) is 71.4 Å². The van der Waals surface area contributed by atoms with Crippen molar-refractivity contribution in [3.63, 3.8) is 0 Å². The lowest BCUT2D eigenvalue weighted by molar-refractivity contribution is -0.139. The van der Waals surface area contributed by atoms with E-state index in [1.165, 1.54) is 4.90 Å². The topological polar surface area (TPSA) is 86.8 Å². The maximum atomic E-state index is 13.6. The number of anilines is 1. The lowest BCUT2D eigenvalue weighted by Gasteiger charge is -2.31. The Morgan fingerprint density at radius 3 is 2.31 bits per heavy atom. The van der Waals surface area contributed by atoms with Crippen LogP contribution in [0.25, 0.3) is 10.8 Å². The van der Waals surface area contributed by atoms with Crippen molar-refractivity contribution in [1.82, 2.24) is 10.2 Å². The third kappa shape index (κ3) is 6.82. The van der Waals surface area contributed by atoms with Crippen molar-refractivity contribution >= 4 is 54.2 Å². The number of sulfonamides is 1. The van der Waals surface area contributed by atoms with Gasteiger partial charge in [0, 0.05) is 22.9 Å². The molecule has 0 heterocycles. The van der Waals surface area contributed by atoms with Crippen LogP contribution in [0.15, 0.2) is 71.2 Å². The molecule has 3 aromatic rings. The molecule has 0 bridgehead atoms. The van der Waals surface area contributed by atoms with Crippen LogP contribution in [-0.2, 0) is 26.2 Å². The number of halogens is 1. The third-order valence-electron chi connectivity index (χ3n) is 5.70. The molecule has 3 rings (SSSR count). The molecule has 3 aromatic carbocycles. The van der Waals surface area contributed by atoms with Gasteiger partial charge >= 0.3 is 0 Å². The van der Waals surface area contributed by atoms with Crippen molar-refractivity contribution in [2.24, 2.45) is 0 Å². The number of nitrogens with zero attached hydrogens (tertiary/aromatic N) is 2. The number of hydrogen-bond donors (Lipinski definition) is 1. The standard InChI is InChI=1S/C26H30BrN3O4S/c1-4-16-28-26(32)19(2)29(17-20-12-14-22(27)15-13-20)25(31)18-30(35(3,33)34)24-11-7-9-21-8-5-6-10-23(21)24/h5-15,19H,4,16-18H2,1-3H3,(H,28,32)/t19-/m1/s1. The molecule has 1 N–H and O–H groups in total. The van der Waals surface area contributed by atoms with Gasteiger partial charge in [0.1, 0.15) is 12.6 Å². The second-order valence-electron chi connectivity index (χ2n) is 8.38. The summed E-state index contributed by atoms with van der Waals surface area (Å²) < 4.78 is 27.7. The molecule has 0 spiro atoms. The second-order valence-corrected chi connectivity index (χ2v) is 11.2. The van der Waals surface area contributed by atoms with Crippen LogP contribution in [-0.4, -0.2) is 50.5 Å². The van der Waals surface area contributed by atoms with E-state index in [4.69, 9.17) is 0 Å². The Bertz CT molecular complexity index is 1290. The van der Waals surface area contributed by atoms with Crippen LogP contribution in [0.1, 0.15) is 25.8 Å². The van der Waals surface area contributed by atoms with Gasteiger partial charge in [0.05, 0.1) is 11.9 Å². The summed E-state index contributed by atoms with van der Waals surface area (Å²) in [5, 5.41) is 4.42. The van der Waals surface area contributed by atoms with Crippen molar-refractivity contribution in [3.8, 4) is 0 Å². The molecule has 0 saturated heterocycles. The van der Waals surface area contributed by atoms with E-state index in [0.29, 0.717) is 12.2 Å². The van der Waals surface area contributed by atoms with Gasteiger partial charge in [-0.05, 0) is 42.5 Å². The molecule has 2 amide bonds. The predicted octanol–water partition coefficient (Wildman–Crippen LogP) is 4.31. The van der Waals surface area contributed by atoms with E-state index in [1.807, 2.05) is 61.5 Å². The number of amides is 2. The number of carbonyl (C=O) groups is 2. The van der Waals surface area contributed by atoms with Gasteiger partial charge in [0.25, 0.3) is 0 Å². The van der Waals surface area contributed by atoms with Crippen LogP contribution in [0, 0.1) is 0 Å². The van der Waals surface area contributed by atoms with Crippen molar-refractivity contribution in [1.29, 1.82) is 0 Å². The first-order valence-electron chi connectivity index (χ1n) is 11.4. The van der Waals surface area contributed by atoms with E-state index < -0.39 is 28.5 Å². The normalized spacial score (nSPS) is 12.2. The van der Waals surface area contributed by atoms with Crippen LogP contribution in [0.2, 0.25) is 0 Å². The van der Waals surface area contributed by atoms with Gasteiger partial charge in [-0.2, -0.15) is 0 Å². The fraction of sp³-hybridized carbons (Fsp3) is 0.308. The lowest BCUT2D eigenvalue weighted by atomic mass is 10.1. The van der Waals surface area contributed by atoms with Crippen LogP contribution < -0.4 is 9.62 Å². The van der Waals surface area contributed by atoms with E-state index in [2.05, 4.69) is 21.2 Å². The molecule has 0 aliphatic carbocycles. The minimum absolute atomic E-state index is 0.167. The summed E-state index contributed by atoms with van der Waals surface area (Å²) in [7, 11) is -3.80. The maximum Gasteiger partial charge on any atom is 0.244 e. The predicted molar refractivity (Wildman–Crippen MR) is 144 cm³/mol. The Balaban J connectivity index is 1.97. The zero-order chi connectivity index (χ0) is 25.6. The van der Waals surface area contributed by atoms with Gasteiger partial charge in [0.2, 0.25) is 21.8 Å². The van der Waals surface area contributed by atoms with E-state index in [1.54, 1.807) is 19.1 Å². The van der Waals surface area contributed by atoms with E-state index in [-0.39, 0.29) is 12.5 Å². The number of nitrogens with one attached hydrogen (secondary N) is 1. The highest BCUT2D eigenvalue weighted by Crippen LogP contribution is 2.28. The highest BCUT2D eigenvalue weighted by molar-refractivity contribution is 9.10. The Morgan fingerprint density at radius 2 is 1.66 bits per heavy atom. The Hall–Kier alpha value is -2.91. The number of rotatable bonds is 10. The van der Waals surface area contributed by atoms with Gasteiger partial charge in [-0.25, -0.2) is 8.42 Å². The molecule has 9 heteroatoms. The SMILES string of the molecule is CCCNC(=O)[C@@H](C)N(Cc1ccc(Br)cc1)C(=O)CN(c1cccc2ccccc12)S(C)(=O)=O. The van der Waals surface area contributed by atoms with Crippen LogP contribution in [0.3, 0.4) is 0 Å². The van der Waals surface area contributed by atoms with Crippen LogP contribution in [0.4, 0.5) is 5.69 Å². The molecular weight excluding hydrogens is 530 g/mol. The molecule has 0 aromatic heterocycles. The summed E-state index contributed by atoms with van der Waals surface area (Å²) in [6, 6.07) is 19.4. The maximum absolute atomic E-state index is 13.6. The van der Waals surface area contributed by atoms with Gasteiger partial charge in [-0.3, -0.25) is 13.9 Å². The molecule has 35 heavy (non-hydrogen) atoms. The first kappa shape index (κ1) is 26.7. The van der Waals surface area contributed by atoms with Crippen LogP contribution >= 0.6 is 15.9 Å². The first-order valence-corrected chi connectivity index (χ1v) is 14.0. The van der Waals surface area contributed by atoms with E-state index >= 15 is 0 Å². The van der Waals surface area contributed by atoms with Crippen LogP contribution in [0.5, 0.6) is 0 Å². The monoisotopic (exact) mass is 559 g/mol. The number of benzene rings is 3. The summed E-state index contributed by atoms with van der Waals surface area (Å²) in [6.07, 6.45) is 1.85. The zero-order valence-corrected chi connectivity index (χ0v) is 22.5. The molecule has 7 nitrogen and oxygen atoms in total. The number of fused-ring (bicyclic) bond motifs is 1. The molecule has 186 valence electrons. The molecule has 0 fully saturated rings. The van der Waals surface area contributed by atoms with E-state index in [9.17, 15) is 18.0 Å². The summed E-state index contributed by atoms with van der Waals surface area (Å²) in [4.78, 5) is 27.8. The van der Waals surface area contributed by atoms with E-state index in [0.717, 1.165) is 37.8 Å². The number of hydrogen-bond acceptors (Lipinski definition) is 4. The Labute approximate surface area is 215 Å². The third-order valence-corrected chi connectivity index (χ3v) is 7.35. The largest absolute Gasteiger partial charge is 0.354 e. The highest BCUT2D eigenvalue weighted by atomic mass is 79.9. The molecule has 0 saturated carbocycles. The van der Waals surface area contributed by atoms with Crippen molar-refractivity contribution in [2.75, 3.05) is 23.7 Å². The summed E-state index contributed by atoms with van der Waals surface area (Å²) >= 11 is 3.40.